The Bertz CT molecular complexity index is 1120. The molecule has 0 atom stereocenters. The highest BCUT2D eigenvalue weighted by molar-refractivity contribution is 7.89. The number of hydrogen-bond acceptors (Lipinski definition) is 4. The number of aromatic nitrogens is 2. The van der Waals surface area contributed by atoms with E-state index in [0.29, 0.717) is 37.4 Å². The molecule has 8 heteroatoms. The Morgan fingerprint density at radius 1 is 1.06 bits per heavy atom. The second kappa shape index (κ2) is 9.20. The number of amides is 1. The molecule has 0 radical (unpaired) electrons. The highest BCUT2D eigenvalue weighted by Gasteiger charge is 2.25. The number of H-pyrrole nitrogens is 1. The van der Waals surface area contributed by atoms with Crippen molar-refractivity contribution in [1.82, 2.24) is 19.2 Å². The Balaban J connectivity index is 1.32. The maximum Gasteiger partial charge on any atom is 0.243 e. The minimum atomic E-state index is -3.42. The molecule has 7 nitrogen and oxygen atoms in total. The van der Waals surface area contributed by atoms with Gasteiger partial charge in [0.2, 0.25) is 15.9 Å². The van der Waals surface area contributed by atoms with E-state index in [1.807, 2.05) is 36.4 Å². The summed E-state index contributed by atoms with van der Waals surface area (Å²) in [7, 11) is -1.65. The van der Waals surface area contributed by atoms with E-state index in [2.05, 4.69) is 9.97 Å². The fraction of sp³-hybridized carbons (Fsp3) is 0.391. The van der Waals surface area contributed by atoms with Crippen LogP contribution in [-0.4, -0.2) is 53.6 Å². The van der Waals surface area contributed by atoms with Crippen molar-refractivity contribution in [2.24, 2.45) is 0 Å². The molecule has 1 aliphatic heterocycles. The van der Waals surface area contributed by atoms with Crippen LogP contribution in [0.1, 0.15) is 37.1 Å². The zero-order valence-electron chi connectivity index (χ0n) is 17.8. The molecule has 1 saturated heterocycles. The predicted octanol–water partition coefficient (Wildman–Crippen LogP) is 3.33. The minimum Gasteiger partial charge on any atom is -0.340 e. The van der Waals surface area contributed by atoms with E-state index in [0.717, 1.165) is 41.7 Å². The van der Waals surface area contributed by atoms with Crippen LogP contribution in [0.4, 0.5) is 0 Å². The summed E-state index contributed by atoms with van der Waals surface area (Å²) >= 11 is 0. The molecule has 0 bridgehead atoms. The first-order valence-corrected chi connectivity index (χ1v) is 12.1. The number of benzene rings is 2. The average Bonchev–Trinajstić information content (AvgIpc) is 3.20. The van der Waals surface area contributed by atoms with Gasteiger partial charge in [0.05, 0.1) is 22.5 Å². The van der Waals surface area contributed by atoms with Gasteiger partial charge in [0.25, 0.3) is 0 Å². The molecule has 0 unspecified atom stereocenters. The molecule has 1 fully saturated rings. The molecule has 164 valence electrons. The Labute approximate surface area is 183 Å². The second-order valence-electron chi connectivity index (χ2n) is 8.06. The van der Waals surface area contributed by atoms with Crippen LogP contribution in [0, 0.1) is 0 Å². The van der Waals surface area contributed by atoms with Crippen LogP contribution >= 0.6 is 0 Å². The van der Waals surface area contributed by atoms with Crippen molar-refractivity contribution in [1.29, 1.82) is 0 Å². The fourth-order valence-corrected chi connectivity index (χ4v) is 5.43. The van der Waals surface area contributed by atoms with Crippen LogP contribution in [0.2, 0.25) is 0 Å². The number of piperidine rings is 1. The molecular weight excluding hydrogens is 412 g/mol. The molecule has 1 aromatic heterocycles. The summed E-state index contributed by atoms with van der Waals surface area (Å²) in [6.07, 6.45) is 3.84. The molecule has 4 rings (SSSR count). The number of carbonyl (C=O) groups excluding carboxylic acids is 1. The lowest BCUT2D eigenvalue weighted by Crippen LogP contribution is -2.35. The first kappa shape index (κ1) is 21.5. The van der Waals surface area contributed by atoms with Crippen LogP contribution in [0.3, 0.4) is 0 Å². The third-order valence-corrected chi connectivity index (χ3v) is 7.67. The van der Waals surface area contributed by atoms with Crippen molar-refractivity contribution in [3.8, 4) is 0 Å². The average molecular weight is 441 g/mol. The van der Waals surface area contributed by atoms with Gasteiger partial charge in [-0.3, -0.25) is 4.79 Å². The van der Waals surface area contributed by atoms with Gasteiger partial charge in [0.15, 0.2) is 0 Å². The molecule has 1 amide bonds. The molecule has 2 heterocycles. The maximum absolute atomic E-state index is 12.7. The van der Waals surface area contributed by atoms with Gasteiger partial charge in [-0.15, -0.1) is 0 Å². The lowest BCUT2D eigenvalue weighted by Gasteiger charge is -2.25. The van der Waals surface area contributed by atoms with E-state index in [9.17, 15) is 13.2 Å². The van der Waals surface area contributed by atoms with Crippen molar-refractivity contribution in [3.63, 3.8) is 0 Å². The lowest BCUT2D eigenvalue weighted by atomic mass is 10.1. The van der Waals surface area contributed by atoms with Crippen molar-refractivity contribution < 1.29 is 13.2 Å². The van der Waals surface area contributed by atoms with Gasteiger partial charge in [-0.05, 0) is 49.1 Å². The van der Waals surface area contributed by atoms with Crippen molar-refractivity contribution in [2.75, 3.05) is 20.1 Å². The van der Waals surface area contributed by atoms with Crippen LogP contribution in [-0.2, 0) is 27.8 Å². The van der Waals surface area contributed by atoms with E-state index >= 15 is 0 Å². The molecule has 1 N–H and O–H groups in total. The monoisotopic (exact) mass is 440 g/mol. The molecule has 0 aliphatic carbocycles. The molecule has 3 aromatic rings. The van der Waals surface area contributed by atoms with Gasteiger partial charge in [-0.2, -0.15) is 4.31 Å². The highest BCUT2D eigenvalue weighted by Crippen LogP contribution is 2.21. The largest absolute Gasteiger partial charge is 0.340 e. The molecular formula is C23H28N4O3S. The Morgan fingerprint density at radius 3 is 2.48 bits per heavy atom. The predicted molar refractivity (Wildman–Crippen MR) is 120 cm³/mol. The van der Waals surface area contributed by atoms with Gasteiger partial charge in [-0.25, -0.2) is 13.4 Å². The molecule has 1 aliphatic rings. The standard InChI is InChI=1S/C23H28N4O3S/c1-26(17-22-24-20-7-3-4-8-21(20)25-22)23(28)14-11-18-9-12-19(13-10-18)31(29,30)27-15-5-2-6-16-27/h3-4,7-10,12-13H,2,5-6,11,14-17H2,1H3,(H,24,25). The minimum absolute atomic E-state index is 0.0190. The van der Waals surface area contributed by atoms with E-state index in [1.54, 1.807) is 28.4 Å². The van der Waals surface area contributed by atoms with Gasteiger partial charge in [0.1, 0.15) is 5.82 Å². The molecule has 31 heavy (non-hydrogen) atoms. The summed E-state index contributed by atoms with van der Waals surface area (Å²) in [6.45, 7) is 1.60. The summed E-state index contributed by atoms with van der Waals surface area (Å²) in [5.41, 5.74) is 2.79. The van der Waals surface area contributed by atoms with E-state index < -0.39 is 10.0 Å². The number of aryl methyl sites for hydroxylation is 1. The summed E-state index contributed by atoms with van der Waals surface area (Å²) in [6, 6.07) is 14.7. The van der Waals surface area contributed by atoms with Gasteiger partial charge in [-0.1, -0.05) is 30.7 Å². The summed E-state index contributed by atoms with van der Waals surface area (Å²) in [5, 5.41) is 0. The second-order valence-corrected chi connectivity index (χ2v) is 10.00. The molecule has 0 spiro atoms. The van der Waals surface area contributed by atoms with Crippen LogP contribution in [0.5, 0.6) is 0 Å². The van der Waals surface area contributed by atoms with E-state index in [-0.39, 0.29) is 5.91 Å². The Morgan fingerprint density at radius 2 is 1.77 bits per heavy atom. The number of aromatic amines is 1. The summed E-state index contributed by atoms with van der Waals surface area (Å²) < 4.78 is 27.1. The van der Waals surface area contributed by atoms with Gasteiger partial charge >= 0.3 is 0 Å². The van der Waals surface area contributed by atoms with E-state index in [1.165, 1.54) is 0 Å². The number of para-hydroxylation sites is 2. The van der Waals surface area contributed by atoms with Gasteiger partial charge in [0, 0.05) is 26.6 Å². The topological polar surface area (TPSA) is 86.4 Å². The normalized spacial score (nSPS) is 15.3. The van der Waals surface area contributed by atoms with Crippen molar-refractivity contribution in [2.45, 2.75) is 43.5 Å². The first-order valence-electron chi connectivity index (χ1n) is 10.7. The first-order chi connectivity index (χ1) is 14.9. The summed E-state index contributed by atoms with van der Waals surface area (Å²) in [5.74, 6) is 0.773. The quantitative estimate of drug-likeness (QED) is 0.611. The van der Waals surface area contributed by atoms with Crippen LogP contribution < -0.4 is 0 Å². The van der Waals surface area contributed by atoms with Gasteiger partial charge < -0.3 is 9.88 Å². The van der Waals surface area contributed by atoms with E-state index in [4.69, 9.17) is 0 Å². The lowest BCUT2D eigenvalue weighted by molar-refractivity contribution is -0.130. The fourth-order valence-electron chi connectivity index (χ4n) is 3.92. The number of rotatable bonds is 7. The van der Waals surface area contributed by atoms with Crippen molar-refractivity contribution in [3.05, 3.63) is 59.9 Å². The van der Waals surface area contributed by atoms with Crippen LogP contribution in [0.25, 0.3) is 11.0 Å². The smallest absolute Gasteiger partial charge is 0.243 e. The maximum atomic E-state index is 12.7. The number of nitrogens with one attached hydrogen (secondary N) is 1. The number of hydrogen-bond donors (Lipinski definition) is 1. The number of sulfonamides is 1. The Hall–Kier alpha value is -2.71. The number of fused-ring (bicyclic) bond motifs is 1. The number of nitrogens with zero attached hydrogens (tertiary/aromatic N) is 3. The van der Waals surface area contributed by atoms with Crippen LogP contribution in [0.15, 0.2) is 53.4 Å². The molecule has 0 saturated carbocycles. The zero-order valence-corrected chi connectivity index (χ0v) is 18.6. The zero-order chi connectivity index (χ0) is 21.8. The number of imidazole rings is 1. The number of carbonyl (C=O) groups is 1. The SMILES string of the molecule is CN(Cc1nc2ccccc2[nH]1)C(=O)CCc1ccc(S(=O)(=O)N2CCCCC2)cc1. The van der Waals surface area contributed by atoms with Crippen molar-refractivity contribution >= 4 is 27.0 Å². The third kappa shape index (κ3) is 4.97. The summed E-state index contributed by atoms with van der Waals surface area (Å²) in [4.78, 5) is 22.3. The third-order valence-electron chi connectivity index (χ3n) is 5.75. The Kier molecular flexibility index (Phi) is 6.38. The highest BCUT2D eigenvalue weighted by atomic mass is 32.2. The molecule has 2 aromatic carbocycles.